The summed E-state index contributed by atoms with van der Waals surface area (Å²) >= 11 is 0. The molecule has 1 fully saturated rings. The first-order chi connectivity index (χ1) is 5.33. The molecule has 66 valence electrons. The Bertz CT molecular complexity index is 101. The van der Waals surface area contributed by atoms with E-state index in [1.807, 2.05) is 0 Å². The van der Waals surface area contributed by atoms with Gasteiger partial charge in [-0.2, -0.15) is 0 Å². The van der Waals surface area contributed by atoms with E-state index in [9.17, 15) is 0 Å². The van der Waals surface area contributed by atoms with Crippen LogP contribution in [-0.2, 0) is 0 Å². The molecule has 0 aliphatic carbocycles. The maximum absolute atomic E-state index is 3.61. The molecule has 0 radical (unpaired) electrons. The third kappa shape index (κ3) is 3.24. The van der Waals surface area contributed by atoms with E-state index in [-0.39, 0.29) is 0 Å². The zero-order chi connectivity index (χ0) is 8.10. The predicted octanol–water partition coefficient (Wildman–Crippen LogP) is 2.71. The van der Waals surface area contributed by atoms with Crippen molar-refractivity contribution in [3.8, 4) is 0 Å². The van der Waals surface area contributed by atoms with Crippen molar-refractivity contribution >= 4 is 0 Å². The van der Waals surface area contributed by atoms with Gasteiger partial charge in [-0.1, -0.05) is 26.2 Å². The van der Waals surface area contributed by atoms with E-state index in [1.54, 1.807) is 0 Å². The van der Waals surface area contributed by atoms with Crippen LogP contribution in [0.3, 0.4) is 0 Å². The Labute approximate surface area is 70.6 Å². The SMILES string of the molecule is CCCCC[C@@H]1CC[C@H](C)N1. The van der Waals surface area contributed by atoms with Crippen molar-refractivity contribution in [2.75, 3.05) is 0 Å². The number of nitrogens with one attached hydrogen (secondary N) is 1. The summed E-state index contributed by atoms with van der Waals surface area (Å²) in [6, 6.07) is 1.62. The summed E-state index contributed by atoms with van der Waals surface area (Å²) in [7, 11) is 0. The summed E-state index contributed by atoms with van der Waals surface area (Å²) < 4.78 is 0. The molecule has 2 atom stereocenters. The molecule has 1 heteroatoms. The molecular weight excluding hydrogens is 134 g/mol. The number of hydrogen-bond donors (Lipinski definition) is 1. The van der Waals surface area contributed by atoms with E-state index in [0.717, 1.165) is 12.1 Å². The highest BCUT2D eigenvalue weighted by molar-refractivity contribution is 4.79. The fourth-order valence-corrected chi connectivity index (χ4v) is 1.89. The lowest BCUT2D eigenvalue weighted by Gasteiger charge is -2.10. The molecule has 0 aromatic carbocycles. The minimum atomic E-state index is 0.779. The molecule has 0 bridgehead atoms. The zero-order valence-corrected chi connectivity index (χ0v) is 7.90. The third-order valence-electron chi connectivity index (χ3n) is 2.62. The summed E-state index contributed by atoms with van der Waals surface area (Å²) in [6.45, 7) is 4.56. The highest BCUT2D eigenvalue weighted by Gasteiger charge is 2.18. The van der Waals surface area contributed by atoms with Gasteiger partial charge in [0, 0.05) is 12.1 Å². The third-order valence-corrected chi connectivity index (χ3v) is 2.62. The minimum Gasteiger partial charge on any atom is -0.312 e. The quantitative estimate of drug-likeness (QED) is 0.615. The van der Waals surface area contributed by atoms with Crippen molar-refractivity contribution in [1.82, 2.24) is 5.32 Å². The second-order valence-electron chi connectivity index (χ2n) is 3.84. The van der Waals surface area contributed by atoms with Crippen LogP contribution in [0.25, 0.3) is 0 Å². The second-order valence-corrected chi connectivity index (χ2v) is 3.84. The lowest BCUT2D eigenvalue weighted by Crippen LogP contribution is -2.26. The van der Waals surface area contributed by atoms with E-state index >= 15 is 0 Å². The van der Waals surface area contributed by atoms with Crippen LogP contribution in [0.1, 0.15) is 52.4 Å². The van der Waals surface area contributed by atoms with E-state index in [2.05, 4.69) is 19.2 Å². The first-order valence-corrected chi connectivity index (χ1v) is 5.09. The van der Waals surface area contributed by atoms with Crippen LogP contribution in [0.5, 0.6) is 0 Å². The Morgan fingerprint density at radius 1 is 1.27 bits per heavy atom. The Balaban J connectivity index is 1.99. The molecule has 1 aliphatic heterocycles. The lowest BCUT2D eigenvalue weighted by atomic mass is 10.1. The fraction of sp³-hybridized carbons (Fsp3) is 1.00. The van der Waals surface area contributed by atoms with Crippen LogP contribution in [0.4, 0.5) is 0 Å². The van der Waals surface area contributed by atoms with Gasteiger partial charge in [0.25, 0.3) is 0 Å². The molecule has 1 nitrogen and oxygen atoms in total. The summed E-state index contributed by atoms with van der Waals surface area (Å²) in [5.74, 6) is 0. The molecule has 11 heavy (non-hydrogen) atoms. The molecule has 0 saturated carbocycles. The van der Waals surface area contributed by atoms with Crippen molar-refractivity contribution < 1.29 is 0 Å². The van der Waals surface area contributed by atoms with E-state index in [1.165, 1.54) is 38.5 Å². The molecule has 0 spiro atoms. The standard InChI is InChI=1S/C10H21N/c1-3-4-5-6-10-8-7-9(2)11-10/h9-11H,3-8H2,1-2H3/t9-,10+/m0/s1. The smallest absolute Gasteiger partial charge is 0.00701 e. The highest BCUT2D eigenvalue weighted by atomic mass is 15.0. The fourth-order valence-electron chi connectivity index (χ4n) is 1.89. The van der Waals surface area contributed by atoms with Gasteiger partial charge in [-0.15, -0.1) is 0 Å². The largest absolute Gasteiger partial charge is 0.312 e. The van der Waals surface area contributed by atoms with Crippen LogP contribution in [0.2, 0.25) is 0 Å². The predicted molar refractivity (Wildman–Crippen MR) is 49.8 cm³/mol. The maximum atomic E-state index is 3.61. The topological polar surface area (TPSA) is 12.0 Å². The number of rotatable bonds is 4. The van der Waals surface area contributed by atoms with Crippen LogP contribution in [0.15, 0.2) is 0 Å². The second kappa shape index (κ2) is 4.76. The van der Waals surface area contributed by atoms with Crippen molar-refractivity contribution in [2.24, 2.45) is 0 Å². The average Bonchev–Trinajstić information content (AvgIpc) is 2.37. The molecule has 1 heterocycles. The Morgan fingerprint density at radius 2 is 2.09 bits per heavy atom. The van der Waals surface area contributed by atoms with Gasteiger partial charge in [0.1, 0.15) is 0 Å². The molecule has 1 rings (SSSR count). The van der Waals surface area contributed by atoms with Crippen molar-refractivity contribution in [2.45, 2.75) is 64.5 Å². The van der Waals surface area contributed by atoms with Gasteiger partial charge >= 0.3 is 0 Å². The van der Waals surface area contributed by atoms with Crippen molar-refractivity contribution in [3.05, 3.63) is 0 Å². The molecule has 0 aromatic heterocycles. The number of hydrogen-bond acceptors (Lipinski definition) is 1. The molecule has 1 aliphatic rings. The van der Waals surface area contributed by atoms with E-state index in [0.29, 0.717) is 0 Å². The van der Waals surface area contributed by atoms with Gasteiger partial charge in [0.15, 0.2) is 0 Å². The van der Waals surface area contributed by atoms with Gasteiger partial charge in [-0.3, -0.25) is 0 Å². The van der Waals surface area contributed by atoms with Crippen LogP contribution >= 0.6 is 0 Å². The summed E-state index contributed by atoms with van der Waals surface area (Å²) in [5.41, 5.74) is 0. The summed E-state index contributed by atoms with van der Waals surface area (Å²) in [5, 5.41) is 3.61. The Hall–Kier alpha value is -0.0400. The molecular formula is C10H21N. The zero-order valence-electron chi connectivity index (χ0n) is 7.90. The van der Waals surface area contributed by atoms with Crippen LogP contribution in [-0.4, -0.2) is 12.1 Å². The van der Waals surface area contributed by atoms with Crippen molar-refractivity contribution in [3.63, 3.8) is 0 Å². The van der Waals surface area contributed by atoms with Gasteiger partial charge in [0.05, 0.1) is 0 Å². The molecule has 1 N–H and O–H groups in total. The lowest BCUT2D eigenvalue weighted by molar-refractivity contribution is 0.498. The van der Waals surface area contributed by atoms with Gasteiger partial charge < -0.3 is 5.32 Å². The van der Waals surface area contributed by atoms with Crippen molar-refractivity contribution in [1.29, 1.82) is 0 Å². The first kappa shape index (κ1) is 9.05. The average molecular weight is 155 g/mol. The Morgan fingerprint density at radius 3 is 2.64 bits per heavy atom. The molecule has 0 amide bonds. The number of unbranched alkanes of at least 4 members (excludes halogenated alkanes) is 2. The van der Waals surface area contributed by atoms with E-state index < -0.39 is 0 Å². The van der Waals surface area contributed by atoms with E-state index in [4.69, 9.17) is 0 Å². The first-order valence-electron chi connectivity index (χ1n) is 5.09. The van der Waals surface area contributed by atoms with Gasteiger partial charge in [-0.05, 0) is 26.2 Å². The normalized spacial score (nSPS) is 31.1. The maximum Gasteiger partial charge on any atom is 0.00701 e. The summed E-state index contributed by atoms with van der Waals surface area (Å²) in [4.78, 5) is 0. The summed E-state index contributed by atoms with van der Waals surface area (Å²) in [6.07, 6.45) is 8.37. The molecule has 1 saturated heterocycles. The van der Waals surface area contributed by atoms with Crippen LogP contribution in [0, 0.1) is 0 Å². The minimum absolute atomic E-state index is 0.779. The van der Waals surface area contributed by atoms with Gasteiger partial charge in [0.2, 0.25) is 0 Å². The molecule has 0 unspecified atom stereocenters. The molecule has 0 aromatic rings. The highest BCUT2D eigenvalue weighted by Crippen LogP contribution is 2.16. The van der Waals surface area contributed by atoms with Gasteiger partial charge in [-0.25, -0.2) is 0 Å². The monoisotopic (exact) mass is 155 g/mol. The van der Waals surface area contributed by atoms with Crippen LogP contribution < -0.4 is 5.32 Å². The Kier molecular flexibility index (Phi) is 3.92.